The Kier molecular flexibility index (Phi) is 7.56. The lowest BCUT2D eigenvalue weighted by Gasteiger charge is -2.10. The lowest BCUT2D eigenvalue weighted by Crippen LogP contribution is -2.17. The van der Waals surface area contributed by atoms with Crippen LogP contribution in [0.2, 0.25) is 0 Å². The molecule has 0 saturated heterocycles. The highest BCUT2D eigenvalue weighted by molar-refractivity contribution is 7.14. The molecule has 0 aliphatic heterocycles. The maximum atomic E-state index is 12.7. The van der Waals surface area contributed by atoms with Crippen molar-refractivity contribution in [1.29, 1.82) is 0 Å². The minimum atomic E-state index is -0.978. The quantitative estimate of drug-likeness (QED) is 0.147. The van der Waals surface area contributed by atoms with Crippen molar-refractivity contribution in [3.63, 3.8) is 0 Å². The van der Waals surface area contributed by atoms with Gasteiger partial charge in [0.05, 0.1) is 17.5 Å². The zero-order chi connectivity index (χ0) is 28.2. The number of carboxylic acid groups (broad SMARTS) is 1. The molecule has 0 aliphatic carbocycles. The number of hydrogen-bond donors (Lipinski definition) is 3. The van der Waals surface area contributed by atoms with Crippen molar-refractivity contribution in [2.24, 2.45) is 5.10 Å². The molecule has 0 fully saturated rings. The van der Waals surface area contributed by atoms with Gasteiger partial charge in [0.15, 0.2) is 5.13 Å². The minimum Gasteiger partial charge on any atom is -0.478 e. The first-order valence-electron chi connectivity index (χ1n) is 12.5. The van der Waals surface area contributed by atoms with Crippen LogP contribution in [0.1, 0.15) is 43.2 Å². The van der Waals surface area contributed by atoms with Gasteiger partial charge < -0.3 is 15.0 Å². The Hall–Kier alpha value is -5.02. The largest absolute Gasteiger partial charge is 0.478 e. The summed E-state index contributed by atoms with van der Waals surface area (Å²) in [5.74, 6) is -1.31. The van der Waals surface area contributed by atoms with Gasteiger partial charge in [-0.2, -0.15) is 5.10 Å². The molecular weight excluding hydrogens is 522 g/mol. The molecule has 3 aromatic carbocycles. The Labute approximate surface area is 235 Å². The number of carbonyl (C=O) groups excluding carboxylic acids is 1. The lowest BCUT2D eigenvalue weighted by atomic mass is 10.1. The fraction of sp³-hybridized carbons (Fsp3) is 0.0968. The second kappa shape index (κ2) is 11.4. The first-order chi connectivity index (χ1) is 19.3. The van der Waals surface area contributed by atoms with Crippen LogP contribution in [0.25, 0.3) is 16.9 Å². The normalized spacial score (nSPS) is 11.1. The van der Waals surface area contributed by atoms with Crippen molar-refractivity contribution in [3.8, 4) is 16.9 Å². The summed E-state index contributed by atoms with van der Waals surface area (Å²) in [5, 5.41) is 19.6. The number of benzene rings is 3. The van der Waals surface area contributed by atoms with Crippen LogP contribution in [0.3, 0.4) is 0 Å². The van der Waals surface area contributed by atoms with E-state index < -0.39 is 5.97 Å². The first-order valence-corrected chi connectivity index (χ1v) is 13.4. The van der Waals surface area contributed by atoms with E-state index >= 15 is 0 Å². The van der Waals surface area contributed by atoms with Crippen LogP contribution in [0.15, 0.2) is 89.3 Å². The number of aromatic carboxylic acids is 1. The summed E-state index contributed by atoms with van der Waals surface area (Å²) >= 11 is 1.52. The maximum Gasteiger partial charge on any atom is 0.335 e. The molecule has 8 nitrogen and oxygen atoms in total. The average Bonchev–Trinajstić information content (AvgIpc) is 3.53. The van der Waals surface area contributed by atoms with Gasteiger partial charge in [-0.25, -0.2) is 15.2 Å². The van der Waals surface area contributed by atoms with E-state index in [1.807, 2.05) is 79.2 Å². The molecule has 0 saturated carbocycles. The standard InChI is InChI=1S/C31H27N5O3S/c1-19-7-13-26(14-8-19)33-31-34-28(18-40-31)22-9-11-23(12-10-22)29(37)35-32-17-25-15-20(2)36(21(25)3)27-6-4-5-24(16-27)30(38)39/h4-18H,1-3H3,(H,33,34)(H,35,37)(H,38,39)/b32-17-. The van der Waals surface area contributed by atoms with Gasteiger partial charge in [0, 0.05) is 44.8 Å². The summed E-state index contributed by atoms with van der Waals surface area (Å²) in [5.41, 5.74) is 10.5. The molecular formula is C31H27N5O3S. The molecule has 9 heteroatoms. The molecule has 0 unspecified atom stereocenters. The van der Waals surface area contributed by atoms with Crippen molar-refractivity contribution in [2.45, 2.75) is 20.8 Å². The molecule has 0 atom stereocenters. The third-order valence-electron chi connectivity index (χ3n) is 6.44. The van der Waals surface area contributed by atoms with Crippen LogP contribution in [0.4, 0.5) is 10.8 Å². The van der Waals surface area contributed by atoms with Gasteiger partial charge in [0.25, 0.3) is 5.91 Å². The molecule has 5 rings (SSSR count). The van der Waals surface area contributed by atoms with Gasteiger partial charge in [0.2, 0.25) is 0 Å². The third-order valence-corrected chi connectivity index (χ3v) is 7.20. The number of aryl methyl sites for hydroxylation is 2. The predicted molar refractivity (Wildman–Crippen MR) is 159 cm³/mol. The molecule has 40 heavy (non-hydrogen) atoms. The lowest BCUT2D eigenvalue weighted by molar-refractivity contribution is 0.0696. The molecule has 200 valence electrons. The number of nitrogens with zero attached hydrogens (tertiary/aromatic N) is 3. The van der Waals surface area contributed by atoms with E-state index in [0.29, 0.717) is 5.56 Å². The van der Waals surface area contributed by atoms with Crippen molar-refractivity contribution in [1.82, 2.24) is 15.0 Å². The number of hydrazone groups is 1. The zero-order valence-electron chi connectivity index (χ0n) is 22.2. The summed E-state index contributed by atoms with van der Waals surface area (Å²) in [7, 11) is 0. The summed E-state index contributed by atoms with van der Waals surface area (Å²) in [6.07, 6.45) is 1.59. The fourth-order valence-corrected chi connectivity index (χ4v) is 5.08. The van der Waals surface area contributed by atoms with E-state index in [-0.39, 0.29) is 11.5 Å². The third kappa shape index (κ3) is 5.84. The Bertz CT molecular complexity index is 1720. The number of aromatic nitrogens is 2. The van der Waals surface area contributed by atoms with E-state index in [4.69, 9.17) is 0 Å². The Morgan fingerprint density at radius 3 is 2.42 bits per heavy atom. The van der Waals surface area contributed by atoms with Gasteiger partial charge in [-0.1, -0.05) is 35.9 Å². The number of nitrogens with one attached hydrogen (secondary N) is 2. The fourth-order valence-electron chi connectivity index (χ4n) is 4.34. The zero-order valence-corrected chi connectivity index (χ0v) is 23.0. The highest BCUT2D eigenvalue weighted by atomic mass is 32.1. The topological polar surface area (TPSA) is 109 Å². The van der Waals surface area contributed by atoms with Crippen LogP contribution in [-0.2, 0) is 0 Å². The van der Waals surface area contributed by atoms with Gasteiger partial charge >= 0.3 is 5.97 Å². The van der Waals surface area contributed by atoms with Crippen molar-refractivity contribution in [3.05, 3.63) is 118 Å². The molecule has 2 aromatic heterocycles. The molecule has 0 aliphatic rings. The minimum absolute atomic E-state index is 0.215. The number of anilines is 2. The van der Waals surface area contributed by atoms with E-state index in [1.54, 1.807) is 36.5 Å². The molecule has 5 aromatic rings. The van der Waals surface area contributed by atoms with E-state index in [1.165, 1.54) is 16.9 Å². The monoisotopic (exact) mass is 549 g/mol. The van der Waals surface area contributed by atoms with Crippen molar-refractivity contribution in [2.75, 3.05) is 5.32 Å². The molecule has 0 radical (unpaired) electrons. The van der Waals surface area contributed by atoms with E-state index in [9.17, 15) is 14.7 Å². The SMILES string of the molecule is Cc1ccc(Nc2nc(-c3ccc(C(=O)N/N=C\c4cc(C)n(-c5cccc(C(=O)O)c5)c4C)cc3)cs2)cc1. The molecule has 2 heterocycles. The smallest absolute Gasteiger partial charge is 0.335 e. The van der Waals surface area contributed by atoms with Crippen LogP contribution < -0.4 is 10.7 Å². The molecule has 0 bridgehead atoms. The number of hydrogen-bond acceptors (Lipinski definition) is 6. The van der Waals surface area contributed by atoms with Crippen LogP contribution in [0, 0.1) is 20.8 Å². The first kappa shape index (κ1) is 26.6. The van der Waals surface area contributed by atoms with Crippen LogP contribution in [-0.4, -0.2) is 32.7 Å². The second-order valence-electron chi connectivity index (χ2n) is 9.32. The predicted octanol–water partition coefficient (Wildman–Crippen LogP) is 6.73. The van der Waals surface area contributed by atoms with Gasteiger partial charge in [-0.15, -0.1) is 11.3 Å². The van der Waals surface area contributed by atoms with Gasteiger partial charge in [-0.3, -0.25) is 4.79 Å². The van der Waals surface area contributed by atoms with Gasteiger partial charge in [-0.05, 0) is 69.3 Å². The number of carboxylic acids is 1. The van der Waals surface area contributed by atoms with Gasteiger partial charge in [0.1, 0.15) is 0 Å². The summed E-state index contributed by atoms with van der Waals surface area (Å²) in [6.45, 7) is 5.90. The van der Waals surface area contributed by atoms with Crippen LogP contribution in [0.5, 0.6) is 0 Å². The summed E-state index contributed by atoms with van der Waals surface area (Å²) in [6, 6.07) is 24.0. The summed E-state index contributed by atoms with van der Waals surface area (Å²) in [4.78, 5) is 28.7. The number of amides is 1. The number of carbonyl (C=O) groups is 2. The van der Waals surface area contributed by atoms with Crippen molar-refractivity contribution >= 4 is 40.2 Å². The Morgan fingerprint density at radius 1 is 0.950 bits per heavy atom. The number of rotatable bonds is 8. The van der Waals surface area contributed by atoms with E-state index in [2.05, 4.69) is 20.8 Å². The second-order valence-corrected chi connectivity index (χ2v) is 10.2. The molecule has 0 spiro atoms. The summed E-state index contributed by atoms with van der Waals surface area (Å²) < 4.78 is 1.95. The Morgan fingerprint density at radius 2 is 1.70 bits per heavy atom. The van der Waals surface area contributed by atoms with Crippen LogP contribution >= 0.6 is 11.3 Å². The van der Waals surface area contributed by atoms with Crippen molar-refractivity contribution < 1.29 is 14.7 Å². The molecule has 1 amide bonds. The highest BCUT2D eigenvalue weighted by Crippen LogP contribution is 2.27. The Balaban J connectivity index is 1.23. The average molecular weight is 550 g/mol. The number of thiazole rings is 1. The van der Waals surface area contributed by atoms with E-state index in [0.717, 1.165) is 44.7 Å². The maximum absolute atomic E-state index is 12.7. The molecule has 3 N–H and O–H groups in total. The highest BCUT2D eigenvalue weighted by Gasteiger charge is 2.12.